The molecule has 0 bridgehead atoms. The maximum absolute atomic E-state index is 12.0. The van der Waals surface area contributed by atoms with E-state index in [1.54, 1.807) is 12.2 Å². The Morgan fingerprint density at radius 1 is 1.39 bits per heavy atom. The fourth-order valence-corrected chi connectivity index (χ4v) is 2.41. The Morgan fingerprint density at radius 2 is 2.09 bits per heavy atom. The number of amides is 1. The molecule has 0 aromatic carbocycles. The van der Waals surface area contributed by atoms with E-state index in [1.165, 1.54) is 4.68 Å². The number of aryl methyl sites for hydroxylation is 2. The quantitative estimate of drug-likeness (QED) is 0.604. The monoisotopic (exact) mass is 349 g/mol. The number of carbonyl (C=O) groups excluding carboxylic acids is 1. The van der Waals surface area contributed by atoms with Crippen LogP contribution in [0, 0.1) is 13.8 Å². The molecule has 23 heavy (non-hydrogen) atoms. The molecule has 2 heterocycles. The van der Waals surface area contributed by atoms with E-state index in [-0.39, 0.29) is 16.9 Å². The van der Waals surface area contributed by atoms with Crippen LogP contribution in [0.1, 0.15) is 11.4 Å². The molecule has 3 N–H and O–H groups in total. The molecule has 126 valence electrons. The SMILES string of the molecule is Cc1cc(C)n(-c2nnc(SCC(=O)NCC(F)(F)F)n2N)n1. The third-order valence-electron chi connectivity index (χ3n) is 2.66. The number of halogens is 3. The summed E-state index contributed by atoms with van der Waals surface area (Å²) in [5.74, 6) is 5.05. The summed E-state index contributed by atoms with van der Waals surface area (Å²) >= 11 is 0.878. The molecule has 0 radical (unpaired) electrons. The van der Waals surface area contributed by atoms with Gasteiger partial charge in [0.2, 0.25) is 11.1 Å². The van der Waals surface area contributed by atoms with Crippen molar-refractivity contribution in [2.24, 2.45) is 0 Å². The van der Waals surface area contributed by atoms with Crippen LogP contribution in [0.25, 0.3) is 5.95 Å². The zero-order valence-electron chi connectivity index (χ0n) is 12.3. The average Bonchev–Trinajstić information content (AvgIpc) is 2.96. The van der Waals surface area contributed by atoms with E-state index in [0.29, 0.717) is 0 Å². The highest BCUT2D eigenvalue weighted by atomic mass is 32.2. The van der Waals surface area contributed by atoms with E-state index >= 15 is 0 Å². The summed E-state index contributed by atoms with van der Waals surface area (Å²) in [6, 6.07) is 1.83. The number of alkyl halides is 3. The van der Waals surface area contributed by atoms with Crippen LogP contribution in [0.5, 0.6) is 0 Å². The summed E-state index contributed by atoms with van der Waals surface area (Å²) in [7, 11) is 0. The lowest BCUT2D eigenvalue weighted by Gasteiger charge is -2.08. The van der Waals surface area contributed by atoms with E-state index in [2.05, 4.69) is 15.3 Å². The lowest BCUT2D eigenvalue weighted by atomic mass is 10.4. The minimum atomic E-state index is -4.45. The average molecular weight is 349 g/mol. The summed E-state index contributed by atoms with van der Waals surface area (Å²) in [6.07, 6.45) is -4.45. The topological polar surface area (TPSA) is 104 Å². The normalized spacial score (nSPS) is 11.7. The van der Waals surface area contributed by atoms with Gasteiger partial charge in [-0.2, -0.15) is 18.3 Å². The number of aromatic nitrogens is 5. The lowest BCUT2D eigenvalue weighted by Crippen LogP contribution is -2.34. The third-order valence-corrected chi connectivity index (χ3v) is 3.61. The van der Waals surface area contributed by atoms with Crippen molar-refractivity contribution in [3.8, 4) is 5.95 Å². The Bertz CT molecular complexity index is 709. The molecule has 2 rings (SSSR count). The molecular formula is C11H14F3N7OS. The second-order valence-corrected chi connectivity index (χ2v) is 5.61. The number of nitrogens with one attached hydrogen (secondary N) is 1. The summed E-state index contributed by atoms with van der Waals surface area (Å²) < 4.78 is 38.6. The number of carbonyl (C=O) groups is 1. The first-order chi connectivity index (χ1) is 10.7. The third kappa shape index (κ3) is 4.37. The van der Waals surface area contributed by atoms with Crippen molar-refractivity contribution >= 4 is 17.7 Å². The summed E-state index contributed by atoms with van der Waals surface area (Å²) in [5.41, 5.74) is 1.56. The predicted octanol–water partition coefficient (Wildman–Crippen LogP) is 0.565. The van der Waals surface area contributed by atoms with Crippen LogP contribution in [0.2, 0.25) is 0 Å². The van der Waals surface area contributed by atoms with Crippen LogP contribution in [0.15, 0.2) is 11.2 Å². The van der Waals surface area contributed by atoms with Gasteiger partial charge in [0.25, 0.3) is 5.95 Å². The standard InChI is InChI=1S/C11H14F3N7OS/c1-6-3-7(2)21(19-6)9-17-18-10(20(9)15)23-4-8(22)16-5-11(12,13)14/h3H,4-5,15H2,1-2H3,(H,16,22). The van der Waals surface area contributed by atoms with Crippen molar-refractivity contribution in [3.63, 3.8) is 0 Å². The van der Waals surface area contributed by atoms with Crippen LogP contribution in [-0.4, -0.2) is 49.0 Å². The van der Waals surface area contributed by atoms with Crippen LogP contribution >= 0.6 is 11.8 Å². The van der Waals surface area contributed by atoms with Crippen LogP contribution in [-0.2, 0) is 4.79 Å². The van der Waals surface area contributed by atoms with Gasteiger partial charge >= 0.3 is 6.18 Å². The highest BCUT2D eigenvalue weighted by Crippen LogP contribution is 2.17. The molecule has 0 atom stereocenters. The van der Waals surface area contributed by atoms with Crippen LogP contribution < -0.4 is 11.2 Å². The number of nitrogens with two attached hydrogens (primary N) is 1. The summed E-state index contributed by atoms with van der Waals surface area (Å²) in [5, 5.41) is 13.8. The van der Waals surface area contributed by atoms with E-state index < -0.39 is 18.6 Å². The number of rotatable bonds is 5. The maximum Gasteiger partial charge on any atom is 0.405 e. The number of nitrogens with zero attached hydrogens (tertiary/aromatic N) is 5. The van der Waals surface area contributed by atoms with Gasteiger partial charge in [0, 0.05) is 5.69 Å². The molecule has 8 nitrogen and oxygen atoms in total. The molecule has 0 aliphatic carbocycles. The zero-order chi connectivity index (χ0) is 17.2. The molecule has 0 aliphatic heterocycles. The molecular weight excluding hydrogens is 335 g/mol. The van der Waals surface area contributed by atoms with E-state index in [4.69, 9.17) is 5.84 Å². The fourth-order valence-electron chi connectivity index (χ4n) is 1.72. The molecule has 12 heteroatoms. The highest BCUT2D eigenvalue weighted by molar-refractivity contribution is 7.99. The molecule has 0 unspecified atom stereocenters. The fraction of sp³-hybridized carbons (Fsp3) is 0.455. The van der Waals surface area contributed by atoms with Gasteiger partial charge in [-0.3, -0.25) is 4.79 Å². The van der Waals surface area contributed by atoms with E-state index in [0.717, 1.165) is 27.8 Å². The molecule has 0 saturated heterocycles. The number of nitrogen functional groups attached to an aromatic ring is 1. The first-order valence-electron chi connectivity index (χ1n) is 6.38. The van der Waals surface area contributed by atoms with Gasteiger partial charge in [-0.1, -0.05) is 11.8 Å². The second kappa shape index (κ2) is 6.48. The van der Waals surface area contributed by atoms with Crippen LogP contribution in [0.4, 0.5) is 13.2 Å². The van der Waals surface area contributed by atoms with Gasteiger partial charge in [0.05, 0.1) is 11.4 Å². The smallest absolute Gasteiger partial charge is 0.346 e. The van der Waals surface area contributed by atoms with Gasteiger partial charge in [0.1, 0.15) is 6.54 Å². The first-order valence-corrected chi connectivity index (χ1v) is 7.36. The van der Waals surface area contributed by atoms with Crippen molar-refractivity contribution in [2.45, 2.75) is 25.2 Å². The van der Waals surface area contributed by atoms with Crippen molar-refractivity contribution in [2.75, 3.05) is 18.1 Å². The Kier molecular flexibility index (Phi) is 4.82. The number of hydrogen-bond donors (Lipinski definition) is 2. The zero-order valence-corrected chi connectivity index (χ0v) is 13.1. The Morgan fingerprint density at radius 3 is 2.65 bits per heavy atom. The van der Waals surface area contributed by atoms with Crippen molar-refractivity contribution < 1.29 is 18.0 Å². The minimum Gasteiger partial charge on any atom is -0.346 e. The number of thioether (sulfide) groups is 1. The molecule has 2 aromatic heterocycles. The van der Waals surface area contributed by atoms with E-state index in [9.17, 15) is 18.0 Å². The molecule has 0 fully saturated rings. The molecule has 2 aromatic rings. The second-order valence-electron chi connectivity index (χ2n) is 4.67. The van der Waals surface area contributed by atoms with Crippen molar-refractivity contribution in [3.05, 3.63) is 17.5 Å². The van der Waals surface area contributed by atoms with Gasteiger partial charge in [0.15, 0.2) is 0 Å². The Balaban J connectivity index is 2.00. The maximum atomic E-state index is 12.0. The van der Waals surface area contributed by atoms with Gasteiger partial charge < -0.3 is 11.2 Å². The minimum absolute atomic E-state index is 0.190. The van der Waals surface area contributed by atoms with E-state index in [1.807, 2.05) is 13.0 Å². The lowest BCUT2D eigenvalue weighted by molar-refractivity contribution is -0.136. The molecule has 1 amide bonds. The highest BCUT2D eigenvalue weighted by Gasteiger charge is 2.27. The van der Waals surface area contributed by atoms with Crippen LogP contribution in [0.3, 0.4) is 0 Å². The Hall–Kier alpha value is -2.24. The predicted molar refractivity (Wildman–Crippen MR) is 76.6 cm³/mol. The molecule has 0 spiro atoms. The van der Waals surface area contributed by atoms with Gasteiger partial charge in [-0.25, -0.2) is 9.36 Å². The first kappa shape index (κ1) is 17.1. The Labute approximate surface area is 133 Å². The van der Waals surface area contributed by atoms with Gasteiger partial charge in [-0.05, 0) is 19.9 Å². The van der Waals surface area contributed by atoms with Gasteiger partial charge in [-0.15, -0.1) is 10.2 Å². The number of hydrogen-bond acceptors (Lipinski definition) is 6. The molecule has 0 saturated carbocycles. The largest absolute Gasteiger partial charge is 0.405 e. The van der Waals surface area contributed by atoms with Crippen molar-refractivity contribution in [1.82, 2.24) is 30.0 Å². The van der Waals surface area contributed by atoms with Crippen molar-refractivity contribution in [1.29, 1.82) is 0 Å². The summed E-state index contributed by atoms with van der Waals surface area (Å²) in [4.78, 5) is 11.4. The molecule has 0 aliphatic rings. The summed E-state index contributed by atoms with van der Waals surface area (Å²) in [6.45, 7) is 2.24.